The van der Waals surface area contributed by atoms with Crippen LogP contribution in [0.2, 0.25) is 0 Å². The molecule has 0 aliphatic rings. The number of anilines is 1. The number of benzene rings is 3. The maximum atomic E-state index is 12.6. The Bertz CT molecular complexity index is 1220. The molecule has 0 unspecified atom stereocenters. The number of methoxy groups -OCH3 is 1. The highest BCUT2D eigenvalue weighted by Crippen LogP contribution is 2.22. The molecule has 4 aromatic rings. The lowest BCUT2D eigenvalue weighted by Crippen LogP contribution is -2.34. The van der Waals surface area contributed by atoms with E-state index in [1.807, 2.05) is 72.8 Å². The van der Waals surface area contributed by atoms with Gasteiger partial charge in [0.1, 0.15) is 23.8 Å². The van der Waals surface area contributed by atoms with Gasteiger partial charge in [-0.2, -0.15) is 0 Å². The quantitative estimate of drug-likeness (QED) is 0.379. The Morgan fingerprint density at radius 2 is 1.81 bits per heavy atom. The second kappa shape index (κ2) is 9.32. The Hall–Kier alpha value is -3.84. The van der Waals surface area contributed by atoms with Crippen molar-refractivity contribution in [3.63, 3.8) is 0 Å². The molecule has 1 aromatic heterocycles. The van der Waals surface area contributed by atoms with Crippen molar-refractivity contribution >= 4 is 39.8 Å². The maximum Gasteiger partial charge on any atom is 0.273 e. The average molecular weight is 432 g/mol. The summed E-state index contributed by atoms with van der Waals surface area (Å²) < 4.78 is 11.1. The summed E-state index contributed by atoms with van der Waals surface area (Å²) in [6, 6.07) is 24.7. The molecule has 3 N–H and O–H groups in total. The van der Waals surface area contributed by atoms with Crippen LogP contribution < -0.4 is 20.1 Å². The smallest absolute Gasteiger partial charge is 0.273 e. The van der Waals surface area contributed by atoms with Gasteiger partial charge in [-0.3, -0.25) is 10.1 Å². The number of ether oxygens (including phenoxy) is 2. The van der Waals surface area contributed by atoms with Gasteiger partial charge < -0.3 is 19.8 Å². The number of hydrogen-bond acceptors (Lipinski definition) is 4. The van der Waals surface area contributed by atoms with Crippen molar-refractivity contribution in [1.29, 1.82) is 0 Å². The van der Waals surface area contributed by atoms with Crippen LogP contribution in [0.3, 0.4) is 0 Å². The fourth-order valence-corrected chi connectivity index (χ4v) is 3.31. The highest BCUT2D eigenvalue weighted by atomic mass is 32.1. The van der Waals surface area contributed by atoms with Gasteiger partial charge in [-0.25, -0.2) is 0 Å². The SMILES string of the molecule is COc1ccc2[nH]c(C(=O)NC(=S)Nc3cccc(OCc4ccccc4)c3)cc2c1. The van der Waals surface area contributed by atoms with Crippen LogP contribution in [0.1, 0.15) is 16.1 Å². The van der Waals surface area contributed by atoms with E-state index in [4.69, 9.17) is 21.7 Å². The number of aromatic amines is 1. The zero-order valence-electron chi connectivity index (χ0n) is 16.8. The number of thiocarbonyl (C=S) groups is 1. The minimum Gasteiger partial charge on any atom is -0.497 e. The zero-order chi connectivity index (χ0) is 21.6. The van der Waals surface area contributed by atoms with Crippen molar-refractivity contribution in [3.05, 3.63) is 90.1 Å². The Morgan fingerprint density at radius 3 is 2.61 bits per heavy atom. The van der Waals surface area contributed by atoms with Crippen LogP contribution in [0.4, 0.5) is 5.69 Å². The average Bonchev–Trinajstić information content (AvgIpc) is 3.22. The molecule has 4 rings (SSSR count). The van der Waals surface area contributed by atoms with Crippen LogP contribution >= 0.6 is 12.2 Å². The van der Waals surface area contributed by atoms with E-state index >= 15 is 0 Å². The van der Waals surface area contributed by atoms with Gasteiger partial charge in [-0.05, 0) is 54.2 Å². The first kappa shape index (κ1) is 20.4. The number of carbonyl (C=O) groups is 1. The third-order valence-corrected chi connectivity index (χ3v) is 4.84. The summed E-state index contributed by atoms with van der Waals surface area (Å²) in [7, 11) is 1.60. The second-order valence-corrected chi connectivity index (χ2v) is 7.25. The molecular formula is C24H21N3O3S. The van der Waals surface area contributed by atoms with E-state index in [9.17, 15) is 4.79 Å². The van der Waals surface area contributed by atoms with E-state index in [0.717, 1.165) is 27.9 Å². The molecule has 0 bridgehead atoms. The summed E-state index contributed by atoms with van der Waals surface area (Å²) in [5.41, 5.74) is 3.05. The fourth-order valence-electron chi connectivity index (χ4n) is 3.10. The third-order valence-electron chi connectivity index (χ3n) is 4.64. The van der Waals surface area contributed by atoms with Gasteiger partial charge in [-0.1, -0.05) is 36.4 Å². The van der Waals surface area contributed by atoms with Crippen LogP contribution in [-0.4, -0.2) is 23.1 Å². The summed E-state index contributed by atoms with van der Waals surface area (Å²) in [5, 5.41) is 6.79. The van der Waals surface area contributed by atoms with E-state index in [1.165, 1.54) is 0 Å². The van der Waals surface area contributed by atoms with Gasteiger partial charge in [-0.15, -0.1) is 0 Å². The molecule has 7 heteroatoms. The Morgan fingerprint density at radius 1 is 0.968 bits per heavy atom. The molecule has 0 fully saturated rings. The van der Waals surface area contributed by atoms with Gasteiger partial charge in [0.2, 0.25) is 0 Å². The van der Waals surface area contributed by atoms with Crippen molar-refractivity contribution in [1.82, 2.24) is 10.3 Å². The lowest BCUT2D eigenvalue weighted by atomic mass is 10.2. The molecule has 0 aliphatic heterocycles. The molecule has 0 atom stereocenters. The molecule has 31 heavy (non-hydrogen) atoms. The summed E-state index contributed by atoms with van der Waals surface area (Å²) in [4.78, 5) is 15.7. The maximum absolute atomic E-state index is 12.6. The topological polar surface area (TPSA) is 75.4 Å². The molecule has 0 saturated heterocycles. The Labute approximate surface area is 185 Å². The first-order valence-electron chi connectivity index (χ1n) is 9.66. The number of fused-ring (bicyclic) bond motifs is 1. The van der Waals surface area contributed by atoms with Gasteiger partial charge in [0.05, 0.1) is 7.11 Å². The minimum atomic E-state index is -0.329. The molecule has 0 saturated carbocycles. The first-order valence-corrected chi connectivity index (χ1v) is 10.1. The minimum absolute atomic E-state index is 0.196. The van der Waals surface area contributed by atoms with Gasteiger partial charge in [0.15, 0.2) is 5.11 Å². The number of aromatic nitrogens is 1. The van der Waals surface area contributed by atoms with Crippen molar-refractivity contribution in [2.45, 2.75) is 6.61 Å². The lowest BCUT2D eigenvalue weighted by Gasteiger charge is -2.11. The molecule has 0 radical (unpaired) electrons. The van der Waals surface area contributed by atoms with Gasteiger partial charge in [0, 0.05) is 22.7 Å². The molecule has 1 heterocycles. The van der Waals surface area contributed by atoms with Crippen LogP contribution in [0.15, 0.2) is 78.9 Å². The molecular weight excluding hydrogens is 410 g/mol. The summed E-state index contributed by atoms with van der Waals surface area (Å²) in [5.74, 6) is 1.10. The number of amides is 1. The fraction of sp³-hybridized carbons (Fsp3) is 0.0833. The van der Waals surface area contributed by atoms with Gasteiger partial charge in [0.25, 0.3) is 5.91 Å². The van der Waals surface area contributed by atoms with Crippen molar-refractivity contribution in [2.75, 3.05) is 12.4 Å². The zero-order valence-corrected chi connectivity index (χ0v) is 17.7. The third kappa shape index (κ3) is 5.21. The summed E-state index contributed by atoms with van der Waals surface area (Å²) in [6.07, 6.45) is 0. The molecule has 1 amide bonds. The largest absolute Gasteiger partial charge is 0.497 e. The normalized spacial score (nSPS) is 10.5. The lowest BCUT2D eigenvalue weighted by molar-refractivity contribution is 0.0973. The first-order chi connectivity index (χ1) is 15.1. The predicted octanol–water partition coefficient (Wildman–Crippen LogP) is 4.88. The highest BCUT2D eigenvalue weighted by molar-refractivity contribution is 7.80. The molecule has 3 aromatic carbocycles. The van der Waals surface area contributed by atoms with Crippen LogP contribution in [0, 0.1) is 0 Å². The van der Waals surface area contributed by atoms with E-state index < -0.39 is 0 Å². The standard InChI is InChI=1S/C24H21N3O3S/c1-29-19-10-11-21-17(12-19)13-22(26-21)23(28)27-24(31)25-18-8-5-9-20(14-18)30-15-16-6-3-2-4-7-16/h2-14,26H,15H2,1H3,(H2,25,27,28,31). The van der Waals surface area contributed by atoms with Crippen molar-refractivity contribution < 1.29 is 14.3 Å². The number of rotatable bonds is 6. The Kier molecular flexibility index (Phi) is 6.14. The number of nitrogens with one attached hydrogen (secondary N) is 3. The second-order valence-electron chi connectivity index (χ2n) is 6.85. The van der Waals surface area contributed by atoms with Crippen molar-refractivity contribution in [3.8, 4) is 11.5 Å². The number of carbonyl (C=O) groups excluding carboxylic acids is 1. The molecule has 0 spiro atoms. The number of hydrogen-bond donors (Lipinski definition) is 3. The van der Waals surface area contributed by atoms with Crippen molar-refractivity contribution in [2.24, 2.45) is 0 Å². The molecule has 0 aliphatic carbocycles. The highest BCUT2D eigenvalue weighted by Gasteiger charge is 2.12. The summed E-state index contributed by atoms with van der Waals surface area (Å²) in [6.45, 7) is 0.469. The van der Waals surface area contributed by atoms with Crippen LogP contribution in [-0.2, 0) is 6.61 Å². The van der Waals surface area contributed by atoms with Crippen LogP contribution in [0.5, 0.6) is 11.5 Å². The molecule has 6 nitrogen and oxygen atoms in total. The summed E-state index contributed by atoms with van der Waals surface area (Å²) >= 11 is 5.30. The van der Waals surface area contributed by atoms with E-state index in [1.54, 1.807) is 13.2 Å². The predicted molar refractivity (Wildman–Crippen MR) is 126 cm³/mol. The Balaban J connectivity index is 1.36. The van der Waals surface area contributed by atoms with Gasteiger partial charge >= 0.3 is 0 Å². The van der Waals surface area contributed by atoms with E-state index in [-0.39, 0.29) is 11.0 Å². The van der Waals surface area contributed by atoms with Crippen LogP contribution in [0.25, 0.3) is 10.9 Å². The molecule has 156 valence electrons. The van der Waals surface area contributed by atoms with E-state index in [2.05, 4.69) is 15.6 Å². The van der Waals surface area contributed by atoms with E-state index in [0.29, 0.717) is 18.1 Å². The monoisotopic (exact) mass is 431 g/mol. The number of H-pyrrole nitrogens is 1.